The summed E-state index contributed by atoms with van der Waals surface area (Å²) >= 11 is 3.46. The molecule has 0 saturated heterocycles. The lowest BCUT2D eigenvalue weighted by Crippen LogP contribution is -2.19. The molecule has 1 unspecified atom stereocenters. The van der Waals surface area contributed by atoms with E-state index in [2.05, 4.69) is 33.4 Å². The van der Waals surface area contributed by atoms with Gasteiger partial charge in [-0.25, -0.2) is 0 Å². The van der Waals surface area contributed by atoms with E-state index >= 15 is 0 Å². The van der Waals surface area contributed by atoms with Crippen molar-refractivity contribution in [2.75, 3.05) is 21.3 Å². The first-order valence-electron chi connectivity index (χ1n) is 6.35. The van der Waals surface area contributed by atoms with Crippen LogP contribution >= 0.6 is 15.9 Å². The Balaban J connectivity index is 2.53. The quantitative estimate of drug-likeness (QED) is 0.902. The van der Waals surface area contributed by atoms with Crippen LogP contribution in [0.4, 0.5) is 0 Å². The van der Waals surface area contributed by atoms with E-state index in [0.29, 0.717) is 0 Å². The minimum Gasteiger partial charge on any atom is -0.496 e. The second kappa shape index (κ2) is 6.77. The number of ether oxygens (including phenoxy) is 2. The molecule has 106 valence electrons. The maximum atomic E-state index is 5.49. The fraction of sp³-hybridized carbons (Fsp3) is 0.250. The number of benzene rings is 2. The van der Waals surface area contributed by atoms with Gasteiger partial charge in [0.2, 0.25) is 0 Å². The number of hydrogen-bond acceptors (Lipinski definition) is 3. The molecule has 0 aliphatic heterocycles. The van der Waals surface area contributed by atoms with Gasteiger partial charge in [-0.1, -0.05) is 34.1 Å². The molecule has 0 aliphatic rings. The smallest absolute Gasteiger partial charge is 0.127 e. The Labute approximate surface area is 128 Å². The molecule has 0 radical (unpaired) electrons. The number of rotatable bonds is 5. The SMILES string of the molecule is CNC(c1ccc(Br)cc1)c1c(OC)cccc1OC. The predicted octanol–water partition coefficient (Wildman–Crippen LogP) is 3.78. The van der Waals surface area contributed by atoms with Gasteiger partial charge in [-0.05, 0) is 36.9 Å². The largest absolute Gasteiger partial charge is 0.496 e. The van der Waals surface area contributed by atoms with Crippen LogP contribution in [0.25, 0.3) is 0 Å². The van der Waals surface area contributed by atoms with Crippen molar-refractivity contribution in [1.29, 1.82) is 0 Å². The van der Waals surface area contributed by atoms with Crippen molar-refractivity contribution < 1.29 is 9.47 Å². The molecule has 1 atom stereocenters. The summed E-state index contributed by atoms with van der Waals surface area (Å²) in [6.07, 6.45) is 0. The van der Waals surface area contributed by atoms with Crippen molar-refractivity contribution in [2.24, 2.45) is 0 Å². The summed E-state index contributed by atoms with van der Waals surface area (Å²) in [6, 6.07) is 14.0. The van der Waals surface area contributed by atoms with Crippen molar-refractivity contribution in [3.8, 4) is 11.5 Å². The number of nitrogens with one attached hydrogen (secondary N) is 1. The second-order valence-electron chi connectivity index (χ2n) is 4.35. The summed E-state index contributed by atoms with van der Waals surface area (Å²) in [5, 5.41) is 3.33. The van der Waals surface area contributed by atoms with Gasteiger partial charge in [-0.3, -0.25) is 0 Å². The van der Waals surface area contributed by atoms with Gasteiger partial charge in [-0.15, -0.1) is 0 Å². The highest BCUT2D eigenvalue weighted by Crippen LogP contribution is 2.37. The van der Waals surface area contributed by atoms with Gasteiger partial charge in [0.05, 0.1) is 25.8 Å². The molecule has 0 heterocycles. The summed E-state index contributed by atoms with van der Waals surface area (Å²) in [5.41, 5.74) is 2.15. The van der Waals surface area contributed by atoms with E-state index in [-0.39, 0.29) is 6.04 Å². The topological polar surface area (TPSA) is 30.5 Å². The fourth-order valence-corrected chi connectivity index (χ4v) is 2.56. The van der Waals surface area contributed by atoms with Crippen LogP contribution in [0.1, 0.15) is 17.2 Å². The molecule has 0 saturated carbocycles. The molecule has 0 aliphatic carbocycles. The van der Waals surface area contributed by atoms with Crippen LogP contribution in [0.3, 0.4) is 0 Å². The second-order valence-corrected chi connectivity index (χ2v) is 5.27. The van der Waals surface area contributed by atoms with Crippen LogP contribution in [-0.4, -0.2) is 21.3 Å². The molecule has 3 nitrogen and oxygen atoms in total. The van der Waals surface area contributed by atoms with E-state index in [1.165, 1.54) is 0 Å². The van der Waals surface area contributed by atoms with E-state index < -0.39 is 0 Å². The average molecular weight is 336 g/mol. The third kappa shape index (κ3) is 2.97. The molecule has 0 spiro atoms. The first-order valence-corrected chi connectivity index (χ1v) is 7.14. The molecule has 2 aromatic rings. The maximum Gasteiger partial charge on any atom is 0.127 e. The Morgan fingerprint density at radius 3 is 1.95 bits per heavy atom. The fourth-order valence-electron chi connectivity index (χ4n) is 2.30. The predicted molar refractivity (Wildman–Crippen MR) is 84.6 cm³/mol. The summed E-state index contributed by atoms with van der Waals surface area (Å²) in [5.74, 6) is 1.62. The summed E-state index contributed by atoms with van der Waals surface area (Å²) in [4.78, 5) is 0. The first kappa shape index (κ1) is 14.9. The van der Waals surface area contributed by atoms with Crippen LogP contribution in [0, 0.1) is 0 Å². The normalized spacial score (nSPS) is 12.0. The van der Waals surface area contributed by atoms with Gasteiger partial charge < -0.3 is 14.8 Å². The average Bonchev–Trinajstić information content (AvgIpc) is 2.49. The monoisotopic (exact) mass is 335 g/mol. The number of hydrogen-bond donors (Lipinski definition) is 1. The van der Waals surface area contributed by atoms with Crippen molar-refractivity contribution in [1.82, 2.24) is 5.32 Å². The Hall–Kier alpha value is -1.52. The van der Waals surface area contributed by atoms with Crippen LogP contribution in [0.5, 0.6) is 11.5 Å². The molecule has 4 heteroatoms. The van der Waals surface area contributed by atoms with Gasteiger partial charge in [-0.2, -0.15) is 0 Å². The standard InChI is InChI=1S/C16H18BrNO2/c1-18-16(11-7-9-12(17)10-8-11)15-13(19-2)5-4-6-14(15)20-3/h4-10,16,18H,1-3H3. The molecular weight excluding hydrogens is 318 g/mol. The van der Waals surface area contributed by atoms with Gasteiger partial charge in [0.25, 0.3) is 0 Å². The minimum atomic E-state index is 0.00852. The zero-order valence-electron chi connectivity index (χ0n) is 11.8. The summed E-state index contributed by atoms with van der Waals surface area (Å²) in [6.45, 7) is 0. The highest BCUT2D eigenvalue weighted by molar-refractivity contribution is 9.10. The Bertz CT molecular complexity index is 547. The van der Waals surface area contributed by atoms with Crippen LogP contribution < -0.4 is 14.8 Å². The summed E-state index contributed by atoms with van der Waals surface area (Å²) < 4.78 is 12.0. The van der Waals surface area contributed by atoms with Crippen LogP contribution in [-0.2, 0) is 0 Å². The van der Waals surface area contributed by atoms with Gasteiger partial charge in [0.1, 0.15) is 11.5 Å². The van der Waals surface area contributed by atoms with Crippen molar-refractivity contribution in [3.05, 3.63) is 58.1 Å². The number of methoxy groups -OCH3 is 2. The van der Waals surface area contributed by atoms with Crippen molar-refractivity contribution in [3.63, 3.8) is 0 Å². The number of halogens is 1. The molecule has 2 aromatic carbocycles. The summed E-state index contributed by atoms with van der Waals surface area (Å²) in [7, 11) is 5.28. The Morgan fingerprint density at radius 1 is 0.950 bits per heavy atom. The first-order chi connectivity index (χ1) is 9.71. The van der Waals surface area contributed by atoms with Crippen LogP contribution in [0.15, 0.2) is 46.9 Å². The van der Waals surface area contributed by atoms with E-state index in [0.717, 1.165) is 27.1 Å². The van der Waals surface area contributed by atoms with Gasteiger partial charge >= 0.3 is 0 Å². The lowest BCUT2D eigenvalue weighted by atomic mass is 9.97. The highest BCUT2D eigenvalue weighted by Gasteiger charge is 2.21. The van der Waals surface area contributed by atoms with Crippen molar-refractivity contribution in [2.45, 2.75) is 6.04 Å². The molecular formula is C16H18BrNO2. The van der Waals surface area contributed by atoms with Gasteiger partial charge in [0, 0.05) is 4.47 Å². The van der Waals surface area contributed by atoms with E-state index in [1.807, 2.05) is 37.4 Å². The minimum absolute atomic E-state index is 0.00852. The van der Waals surface area contributed by atoms with Crippen LogP contribution in [0.2, 0.25) is 0 Å². The third-order valence-corrected chi connectivity index (χ3v) is 3.78. The molecule has 1 N–H and O–H groups in total. The highest BCUT2D eigenvalue weighted by atomic mass is 79.9. The zero-order valence-corrected chi connectivity index (χ0v) is 13.4. The zero-order chi connectivity index (χ0) is 14.5. The molecule has 20 heavy (non-hydrogen) atoms. The van der Waals surface area contributed by atoms with E-state index in [4.69, 9.17) is 9.47 Å². The maximum absolute atomic E-state index is 5.49. The lowest BCUT2D eigenvalue weighted by Gasteiger charge is -2.22. The third-order valence-electron chi connectivity index (χ3n) is 3.25. The molecule has 0 fully saturated rings. The Kier molecular flexibility index (Phi) is 5.04. The Morgan fingerprint density at radius 2 is 1.50 bits per heavy atom. The van der Waals surface area contributed by atoms with Gasteiger partial charge in [0.15, 0.2) is 0 Å². The van der Waals surface area contributed by atoms with E-state index in [9.17, 15) is 0 Å². The van der Waals surface area contributed by atoms with Crippen molar-refractivity contribution >= 4 is 15.9 Å². The lowest BCUT2D eigenvalue weighted by molar-refractivity contribution is 0.379. The molecule has 0 amide bonds. The van der Waals surface area contributed by atoms with E-state index in [1.54, 1.807) is 14.2 Å². The molecule has 2 rings (SSSR count). The molecule has 0 bridgehead atoms. The molecule has 0 aromatic heterocycles.